The van der Waals surface area contributed by atoms with E-state index < -0.39 is 75.7 Å². The van der Waals surface area contributed by atoms with E-state index >= 15 is 0 Å². The topological polar surface area (TPSA) is 210 Å². The molecule has 1 fully saturated rings. The maximum Gasteiger partial charge on any atom is 0.472 e. The molecule has 0 heterocycles. The average Bonchev–Trinajstić information content (AvgIpc) is 3.16. The molecule has 0 amide bonds. The molecule has 1 saturated carbocycles. The van der Waals surface area contributed by atoms with Crippen LogP contribution in [0, 0.1) is 0 Å². The SMILES string of the molecule is CCCCCCCCCCCCCCCCCCCCCC(=O)O[C@H](COC(=O)CCCCCCCCC)COP(=O)(O)OC1C(O)C(O)C(O)[C@@H](O)C1O. The van der Waals surface area contributed by atoms with Crippen LogP contribution in [0.15, 0.2) is 0 Å². The van der Waals surface area contributed by atoms with Crippen molar-refractivity contribution in [2.45, 2.75) is 236 Å². The molecule has 0 spiro atoms. The normalized spacial score (nSPS) is 23.0. The zero-order chi connectivity index (χ0) is 40.7. The highest BCUT2D eigenvalue weighted by atomic mass is 31.2. The third-order valence-electron chi connectivity index (χ3n) is 10.4. The van der Waals surface area contributed by atoms with E-state index in [9.17, 15) is 44.6 Å². The van der Waals surface area contributed by atoms with Crippen molar-refractivity contribution in [3.8, 4) is 0 Å². The standard InChI is InChI=1S/C41H79O13P/c1-3-5-7-9-11-12-13-14-15-16-17-18-19-20-21-22-24-26-28-30-35(43)53-33(31-51-34(42)29-27-25-23-10-8-6-4-2)32-52-55(49,50)54-41-39(47)37(45)36(44)38(46)40(41)48/h33,36-41,44-48H,3-32H2,1-2H3,(H,49,50)/t33-,36?,37-,38?,39?,40?,41?/m1/s1. The van der Waals surface area contributed by atoms with E-state index in [4.69, 9.17) is 18.5 Å². The first-order chi connectivity index (χ1) is 26.4. The molecular weight excluding hydrogens is 731 g/mol. The van der Waals surface area contributed by atoms with Gasteiger partial charge < -0.3 is 39.9 Å². The average molecular weight is 811 g/mol. The number of phosphoric ester groups is 1. The number of unbranched alkanes of at least 4 members (excludes halogenated alkanes) is 24. The Kier molecular flexibility index (Phi) is 30.9. The summed E-state index contributed by atoms with van der Waals surface area (Å²) < 4.78 is 33.3. The molecule has 14 heteroatoms. The van der Waals surface area contributed by atoms with E-state index in [0.717, 1.165) is 51.4 Å². The number of esters is 2. The molecule has 6 unspecified atom stereocenters. The molecule has 55 heavy (non-hydrogen) atoms. The Morgan fingerprint density at radius 1 is 0.491 bits per heavy atom. The minimum absolute atomic E-state index is 0.104. The van der Waals surface area contributed by atoms with Gasteiger partial charge in [-0.3, -0.25) is 18.6 Å². The summed E-state index contributed by atoms with van der Waals surface area (Å²) in [5.41, 5.74) is 0. The monoisotopic (exact) mass is 811 g/mol. The number of carbonyl (C=O) groups is 2. The molecule has 6 N–H and O–H groups in total. The smallest absolute Gasteiger partial charge is 0.462 e. The maximum absolute atomic E-state index is 12.7. The fourth-order valence-corrected chi connectivity index (χ4v) is 7.85. The molecule has 8 atom stereocenters. The van der Waals surface area contributed by atoms with E-state index in [0.29, 0.717) is 12.8 Å². The van der Waals surface area contributed by atoms with E-state index in [2.05, 4.69) is 13.8 Å². The first kappa shape index (κ1) is 51.9. The number of hydrogen-bond donors (Lipinski definition) is 6. The molecular formula is C41H79O13P. The second kappa shape index (κ2) is 32.8. The third-order valence-corrected chi connectivity index (χ3v) is 11.4. The number of ether oxygens (including phenoxy) is 2. The molecule has 1 aliphatic carbocycles. The third kappa shape index (κ3) is 25.7. The van der Waals surface area contributed by atoms with Gasteiger partial charge in [0.15, 0.2) is 6.10 Å². The number of phosphoric acid groups is 1. The van der Waals surface area contributed by atoms with Gasteiger partial charge in [0.25, 0.3) is 0 Å². The maximum atomic E-state index is 12.7. The number of aliphatic hydroxyl groups excluding tert-OH is 5. The van der Waals surface area contributed by atoms with Crippen LogP contribution in [0.3, 0.4) is 0 Å². The Morgan fingerprint density at radius 2 is 0.818 bits per heavy atom. The minimum Gasteiger partial charge on any atom is -0.462 e. The van der Waals surface area contributed by atoms with Crippen LogP contribution in [-0.4, -0.2) is 98.3 Å². The van der Waals surface area contributed by atoms with Gasteiger partial charge in [-0.2, -0.15) is 0 Å². The summed E-state index contributed by atoms with van der Waals surface area (Å²) in [6, 6.07) is 0. The summed E-state index contributed by atoms with van der Waals surface area (Å²) in [7, 11) is -5.10. The lowest BCUT2D eigenvalue weighted by Crippen LogP contribution is -2.64. The van der Waals surface area contributed by atoms with E-state index in [1.807, 2.05) is 0 Å². The molecule has 1 rings (SSSR count). The Hall–Kier alpha value is -1.15. The minimum atomic E-state index is -5.10. The van der Waals surface area contributed by atoms with Crippen LogP contribution >= 0.6 is 7.82 Å². The van der Waals surface area contributed by atoms with Crippen molar-refractivity contribution in [1.29, 1.82) is 0 Å². The van der Waals surface area contributed by atoms with Crippen LogP contribution in [0.4, 0.5) is 0 Å². The first-order valence-corrected chi connectivity index (χ1v) is 23.3. The van der Waals surface area contributed by atoms with Crippen LogP contribution in [0.2, 0.25) is 0 Å². The highest BCUT2D eigenvalue weighted by molar-refractivity contribution is 7.47. The van der Waals surface area contributed by atoms with Gasteiger partial charge in [0, 0.05) is 12.8 Å². The van der Waals surface area contributed by atoms with Gasteiger partial charge in [-0.1, -0.05) is 168 Å². The van der Waals surface area contributed by atoms with Crippen molar-refractivity contribution in [3.63, 3.8) is 0 Å². The zero-order valence-electron chi connectivity index (χ0n) is 34.2. The van der Waals surface area contributed by atoms with Crippen LogP contribution in [0.5, 0.6) is 0 Å². The van der Waals surface area contributed by atoms with Gasteiger partial charge in [-0.05, 0) is 12.8 Å². The summed E-state index contributed by atoms with van der Waals surface area (Å²) in [4.78, 5) is 35.4. The van der Waals surface area contributed by atoms with E-state index in [1.54, 1.807) is 0 Å². The summed E-state index contributed by atoms with van der Waals surface area (Å²) in [6.07, 6.45) is 17.7. The van der Waals surface area contributed by atoms with Crippen molar-refractivity contribution in [3.05, 3.63) is 0 Å². The number of hydrogen-bond acceptors (Lipinski definition) is 12. The predicted octanol–water partition coefficient (Wildman–Crippen LogP) is 7.72. The Bertz CT molecular complexity index is 985. The fraction of sp³-hybridized carbons (Fsp3) is 0.951. The van der Waals surface area contributed by atoms with Gasteiger partial charge in [0.05, 0.1) is 6.61 Å². The highest BCUT2D eigenvalue weighted by Gasteiger charge is 2.51. The van der Waals surface area contributed by atoms with Gasteiger partial charge >= 0.3 is 19.8 Å². The first-order valence-electron chi connectivity index (χ1n) is 21.8. The molecule has 0 saturated heterocycles. The molecule has 326 valence electrons. The lowest BCUT2D eigenvalue weighted by Gasteiger charge is -2.41. The molecule has 0 radical (unpaired) electrons. The van der Waals surface area contributed by atoms with Crippen LogP contribution < -0.4 is 0 Å². The lowest BCUT2D eigenvalue weighted by atomic mass is 9.85. The van der Waals surface area contributed by atoms with Crippen molar-refractivity contribution < 1.29 is 63.1 Å². The Balaban J connectivity index is 2.39. The second-order valence-electron chi connectivity index (χ2n) is 15.6. The molecule has 1 aliphatic rings. The van der Waals surface area contributed by atoms with Crippen molar-refractivity contribution in [2.24, 2.45) is 0 Å². The van der Waals surface area contributed by atoms with Gasteiger partial charge in [0.1, 0.15) is 43.2 Å². The second-order valence-corrected chi connectivity index (χ2v) is 17.0. The molecule has 0 aromatic rings. The molecule has 13 nitrogen and oxygen atoms in total. The Labute approximate surface area is 331 Å². The zero-order valence-corrected chi connectivity index (χ0v) is 35.1. The van der Waals surface area contributed by atoms with Crippen molar-refractivity contribution in [1.82, 2.24) is 0 Å². The number of rotatable bonds is 36. The largest absolute Gasteiger partial charge is 0.472 e. The van der Waals surface area contributed by atoms with Crippen LogP contribution in [-0.2, 0) is 32.7 Å². The van der Waals surface area contributed by atoms with Crippen molar-refractivity contribution in [2.75, 3.05) is 13.2 Å². The lowest BCUT2D eigenvalue weighted by molar-refractivity contribution is -0.220. The number of carbonyl (C=O) groups excluding carboxylic acids is 2. The number of aliphatic hydroxyl groups is 5. The molecule has 0 aliphatic heterocycles. The molecule has 0 aromatic heterocycles. The summed E-state index contributed by atoms with van der Waals surface area (Å²) in [5, 5.41) is 49.9. The van der Waals surface area contributed by atoms with Crippen LogP contribution in [0.25, 0.3) is 0 Å². The summed E-state index contributed by atoms with van der Waals surface area (Å²) >= 11 is 0. The molecule has 0 aromatic carbocycles. The van der Waals surface area contributed by atoms with E-state index in [1.165, 1.54) is 103 Å². The van der Waals surface area contributed by atoms with Gasteiger partial charge in [-0.15, -0.1) is 0 Å². The summed E-state index contributed by atoms with van der Waals surface area (Å²) in [6.45, 7) is 3.25. The van der Waals surface area contributed by atoms with Gasteiger partial charge in [-0.25, -0.2) is 4.57 Å². The highest BCUT2D eigenvalue weighted by Crippen LogP contribution is 2.47. The molecule has 0 bridgehead atoms. The fourth-order valence-electron chi connectivity index (χ4n) is 6.88. The quantitative estimate of drug-likeness (QED) is 0.0204. The van der Waals surface area contributed by atoms with Gasteiger partial charge in [0.2, 0.25) is 0 Å². The van der Waals surface area contributed by atoms with Crippen LogP contribution in [0.1, 0.15) is 194 Å². The summed E-state index contributed by atoms with van der Waals surface area (Å²) in [5.74, 6) is -1.09. The predicted molar refractivity (Wildman–Crippen MR) is 212 cm³/mol. The Morgan fingerprint density at radius 3 is 1.20 bits per heavy atom. The van der Waals surface area contributed by atoms with E-state index in [-0.39, 0.29) is 12.8 Å². The van der Waals surface area contributed by atoms with Crippen molar-refractivity contribution >= 4 is 19.8 Å².